The van der Waals surface area contributed by atoms with E-state index in [9.17, 15) is 15.2 Å². The zero-order valence-corrected chi connectivity index (χ0v) is 27.1. The van der Waals surface area contributed by atoms with Crippen LogP contribution in [0.15, 0.2) is 41.2 Å². The quantitative estimate of drug-likeness (QED) is 0.201. The van der Waals surface area contributed by atoms with Crippen molar-refractivity contribution in [2.45, 2.75) is 58.7 Å². The van der Waals surface area contributed by atoms with Gasteiger partial charge in [0.05, 0.1) is 38.3 Å². The van der Waals surface area contributed by atoms with Gasteiger partial charge in [-0.3, -0.25) is 9.13 Å². The van der Waals surface area contributed by atoms with Gasteiger partial charge in [0.25, 0.3) is 5.88 Å². The zero-order chi connectivity index (χ0) is 33.5. The van der Waals surface area contributed by atoms with Crippen molar-refractivity contribution in [2.75, 3.05) is 26.1 Å². The van der Waals surface area contributed by atoms with Crippen LogP contribution in [0.5, 0.6) is 23.1 Å². The summed E-state index contributed by atoms with van der Waals surface area (Å²) in [6, 6.07) is 13.7. The first-order chi connectivity index (χ1) is 22.6. The lowest BCUT2D eigenvalue weighted by Gasteiger charge is -2.66. The molecule has 12 nitrogen and oxygen atoms in total. The van der Waals surface area contributed by atoms with Crippen molar-refractivity contribution in [1.29, 1.82) is 10.5 Å². The number of allylic oxidation sites excluding steroid dienone is 1. The Morgan fingerprint density at radius 1 is 1.09 bits per heavy atom. The largest absolute Gasteiger partial charge is 0.497 e. The number of imidazole rings is 1. The van der Waals surface area contributed by atoms with Crippen LogP contribution in [0.25, 0.3) is 17.2 Å². The molecular formula is C35H37N7O5. The molecule has 0 radical (unpaired) electrons. The highest BCUT2D eigenvalue weighted by Gasteiger charge is 2.69. The number of nitrogens with zero attached hydrogens (tertiary/aromatic N) is 6. The van der Waals surface area contributed by atoms with Gasteiger partial charge >= 0.3 is 5.69 Å². The number of rotatable bonds is 12. The van der Waals surface area contributed by atoms with Crippen molar-refractivity contribution in [3.63, 3.8) is 0 Å². The summed E-state index contributed by atoms with van der Waals surface area (Å²) >= 11 is 0. The third-order valence-electron chi connectivity index (χ3n) is 9.13. The van der Waals surface area contributed by atoms with E-state index in [-0.39, 0.29) is 48.1 Å². The fourth-order valence-corrected chi connectivity index (χ4v) is 6.89. The molecule has 3 aliphatic carbocycles. The lowest BCUT2D eigenvalue weighted by atomic mass is 9.40. The van der Waals surface area contributed by atoms with Crippen LogP contribution in [0, 0.1) is 47.8 Å². The van der Waals surface area contributed by atoms with E-state index in [0.29, 0.717) is 53.6 Å². The summed E-state index contributed by atoms with van der Waals surface area (Å²) in [6.07, 6.45) is 5.26. The average molecular weight is 636 g/mol. The van der Waals surface area contributed by atoms with Crippen molar-refractivity contribution >= 4 is 23.2 Å². The number of nitrogens with one attached hydrogen (secondary N) is 1. The minimum Gasteiger partial charge on any atom is -0.497 e. The second-order valence-electron chi connectivity index (χ2n) is 12.8. The number of aliphatic hydroxyl groups is 1. The summed E-state index contributed by atoms with van der Waals surface area (Å²) in [5.41, 5.74) is 3.08. The number of anilines is 1. The number of aliphatic hydroxyl groups excluding tert-OH is 1. The van der Waals surface area contributed by atoms with Crippen LogP contribution in [0.2, 0.25) is 0 Å². The van der Waals surface area contributed by atoms with Gasteiger partial charge in [-0.15, -0.1) is 0 Å². The number of benzene rings is 2. The summed E-state index contributed by atoms with van der Waals surface area (Å²) in [6.45, 7) is 5.90. The fraction of sp³-hybridized carbons (Fsp3) is 0.400. The highest BCUT2D eigenvalue weighted by Crippen LogP contribution is 2.67. The third-order valence-corrected chi connectivity index (χ3v) is 9.13. The molecule has 12 heteroatoms. The Morgan fingerprint density at radius 2 is 1.81 bits per heavy atom. The molecule has 47 heavy (non-hydrogen) atoms. The Bertz CT molecular complexity index is 2010. The van der Waals surface area contributed by atoms with Crippen LogP contribution >= 0.6 is 0 Å². The maximum atomic E-state index is 14.3. The maximum Gasteiger partial charge on any atom is 0.330 e. The number of hydrogen-bond acceptors (Lipinski definition) is 10. The van der Waals surface area contributed by atoms with Crippen molar-refractivity contribution in [2.24, 2.45) is 11.3 Å². The first-order valence-electron chi connectivity index (χ1n) is 15.4. The SMILES string of the molecule is COc1ccc(Cn2c(=O)n(C[C@@H](C)CO)c3c(Oc4c(C)cc(/C=C/C#N)cc4C)nc(NC45CC(C#N)(C4)C5)nc32)c(OC)c1. The van der Waals surface area contributed by atoms with E-state index in [4.69, 9.17) is 29.4 Å². The van der Waals surface area contributed by atoms with E-state index in [2.05, 4.69) is 11.4 Å². The third kappa shape index (κ3) is 5.66. The normalized spacial score (nSPS) is 20.2. The Balaban J connectivity index is 1.53. The predicted molar refractivity (Wildman–Crippen MR) is 176 cm³/mol. The molecule has 3 saturated carbocycles. The smallest absolute Gasteiger partial charge is 0.330 e. The number of methoxy groups -OCH3 is 2. The molecule has 7 rings (SSSR count). The highest BCUT2D eigenvalue weighted by molar-refractivity contribution is 5.80. The van der Waals surface area contributed by atoms with Gasteiger partial charge in [0.15, 0.2) is 11.2 Å². The van der Waals surface area contributed by atoms with Gasteiger partial charge in [-0.1, -0.05) is 6.92 Å². The molecule has 0 saturated heterocycles. The van der Waals surface area contributed by atoms with E-state index >= 15 is 0 Å². The number of nitriles is 2. The topological polar surface area (TPSA) is 160 Å². The molecule has 3 fully saturated rings. The number of fused-ring (bicyclic) bond motifs is 1. The summed E-state index contributed by atoms with van der Waals surface area (Å²) < 4.78 is 20.8. The van der Waals surface area contributed by atoms with Gasteiger partial charge in [0, 0.05) is 36.4 Å². The summed E-state index contributed by atoms with van der Waals surface area (Å²) in [5.74, 6) is 1.98. The average Bonchev–Trinajstić information content (AvgIpc) is 3.28. The lowest BCUT2D eigenvalue weighted by molar-refractivity contribution is -0.0665. The van der Waals surface area contributed by atoms with Crippen LogP contribution in [-0.4, -0.2) is 50.6 Å². The molecule has 2 aromatic heterocycles. The van der Waals surface area contributed by atoms with E-state index in [1.165, 1.54) is 6.08 Å². The summed E-state index contributed by atoms with van der Waals surface area (Å²) in [7, 11) is 3.14. The molecule has 0 amide bonds. The van der Waals surface area contributed by atoms with Crippen LogP contribution in [0.4, 0.5) is 5.95 Å². The molecule has 0 spiro atoms. The Kier molecular flexibility index (Phi) is 8.16. The minimum absolute atomic E-state index is 0.124. The van der Waals surface area contributed by atoms with Crippen molar-refractivity contribution in [3.8, 4) is 35.3 Å². The van der Waals surface area contributed by atoms with Crippen molar-refractivity contribution < 1.29 is 19.3 Å². The molecule has 4 aromatic rings. The van der Waals surface area contributed by atoms with Crippen LogP contribution in [0.1, 0.15) is 48.4 Å². The van der Waals surface area contributed by atoms with E-state index in [1.807, 2.05) is 45.0 Å². The van der Waals surface area contributed by atoms with Gasteiger partial charge in [-0.25, -0.2) is 4.79 Å². The zero-order valence-electron chi connectivity index (χ0n) is 27.1. The van der Waals surface area contributed by atoms with E-state index in [1.54, 1.807) is 41.6 Å². The monoisotopic (exact) mass is 635 g/mol. The molecule has 1 atom stereocenters. The highest BCUT2D eigenvalue weighted by atomic mass is 16.5. The number of aromatic nitrogens is 4. The van der Waals surface area contributed by atoms with Crippen LogP contribution in [0.3, 0.4) is 0 Å². The van der Waals surface area contributed by atoms with E-state index in [0.717, 1.165) is 22.3 Å². The van der Waals surface area contributed by atoms with Crippen LogP contribution in [-0.2, 0) is 13.1 Å². The van der Waals surface area contributed by atoms with Crippen molar-refractivity contribution in [3.05, 3.63) is 69.1 Å². The van der Waals surface area contributed by atoms with Gasteiger partial charge < -0.3 is 24.6 Å². The van der Waals surface area contributed by atoms with Crippen molar-refractivity contribution in [1.82, 2.24) is 19.1 Å². The molecule has 0 unspecified atom stereocenters. The minimum atomic E-state index is -0.339. The predicted octanol–water partition coefficient (Wildman–Crippen LogP) is 5.09. The number of ether oxygens (including phenoxy) is 3. The molecule has 0 aliphatic heterocycles. The second kappa shape index (κ2) is 12.1. The fourth-order valence-electron chi connectivity index (χ4n) is 6.89. The second-order valence-corrected chi connectivity index (χ2v) is 12.8. The number of aryl methyl sites for hydroxylation is 2. The molecule has 2 bridgehead atoms. The maximum absolute atomic E-state index is 14.3. The molecular weight excluding hydrogens is 598 g/mol. The number of hydrogen-bond donors (Lipinski definition) is 2. The molecule has 2 aromatic carbocycles. The molecule has 242 valence electrons. The van der Waals surface area contributed by atoms with Gasteiger partial charge in [-0.05, 0) is 86.1 Å². The Labute approximate surface area is 272 Å². The summed E-state index contributed by atoms with van der Waals surface area (Å²) in [4.78, 5) is 24.0. The lowest BCUT2D eigenvalue weighted by Crippen LogP contribution is -2.70. The molecule has 2 heterocycles. The molecule has 2 N–H and O–H groups in total. The Morgan fingerprint density at radius 3 is 2.43 bits per heavy atom. The Hall–Kier alpha value is -5.33. The van der Waals surface area contributed by atoms with Gasteiger partial charge in [0.1, 0.15) is 17.2 Å². The van der Waals surface area contributed by atoms with Gasteiger partial charge in [-0.2, -0.15) is 20.5 Å². The summed E-state index contributed by atoms with van der Waals surface area (Å²) in [5, 5.41) is 32.0. The van der Waals surface area contributed by atoms with Crippen LogP contribution < -0.4 is 25.2 Å². The molecule has 3 aliphatic rings. The van der Waals surface area contributed by atoms with E-state index < -0.39 is 0 Å². The van der Waals surface area contributed by atoms with Gasteiger partial charge in [0.2, 0.25) is 5.95 Å². The first kappa shape index (κ1) is 31.6. The first-order valence-corrected chi connectivity index (χ1v) is 15.4. The standard InChI is InChI=1S/C35H37N7O5/c1-21(16-43)14-41-28-30(42(33(41)44)15-25-8-9-26(45-4)13-27(25)46-5)38-32(40-35-17-34(18-35,19-35)20-37)39-31(28)47-29-22(2)11-24(7-6-10-36)12-23(29)3/h6-9,11-13,21,43H,14-19H2,1-5H3,(H,38,39,40)/b7-6+/t21-,34?,35?/m1/s1.